The Bertz CT molecular complexity index is 395. The summed E-state index contributed by atoms with van der Waals surface area (Å²) in [6, 6.07) is 1.94. The molecule has 2 heterocycles. The van der Waals surface area contributed by atoms with Gasteiger partial charge in [-0.05, 0) is 31.7 Å². The van der Waals surface area contributed by atoms with E-state index in [-0.39, 0.29) is 0 Å². The second kappa shape index (κ2) is 6.11. The van der Waals surface area contributed by atoms with Gasteiger partial charge in [0.25, 0.3) is 0 Å². The number of nitrogens with zero attached hydrogens (tertiary/aromatic N) is 3. The van der Waals surface area contributed by atoms with E-state index in [0.717, 1.165) is 37.0 Å². The molecule has 0 radical (unpaired) electrons. The van der Waals surface area contributed by atoms with Gasteiger partial charge < -0.3 is 15.4 Å². The zero-order valence-corrected chi connectivity index (χ0v) is 11.2. The van der Waals surface area contributed by atoms with Gasteiger partial charge in [0.2, 0.25) is 5.95 Å². The molecule has 1 aromatic heterocycles. The average molecular weight is 250 g/mol. The van der Waals surface area contributed by atoms with Crippen LogP contribution in [0.5, 0.6) is 0 Å². The van der Waals surface area contributed by atoms with Crippen LogP contribution >= 0.6 is 0 Å². The Balaban J connectivity index is 2.12. The van der Waals surface area contributed by atoms with Crippen LogP contribution in [0.3, 0.4) is 0 Å². The molecule has 2 N–H and O–H groups in total. The highest BCUT2D eigenvalue weighted by atomic mass is 16.5. The molecule has 5 heteroatoms. The molecule has 1 fully saturated rings. The van der Waals surface area contributed by atoms with Crippen LogP contribution < -0.4 is 10.6 Å². The third-order valence-corrected chi connectivity index (χ3v) is 3.31. The van der Waals surface area contributed by atoms with E-state index in [4.69, 9.17) is 10.5 Å². The lowest BCUT2D eigenvalue weighted by Gasteiger charge is -2.32. The zero-order valence-electron chi connectivity index (χ0n) is 11.2. The Morgan fingerprint density at radius 2 is 2.33 bits per heavy atom. The van der Waals surface area contributed by atoms with Crippen molar-refractivity contribution < 1.29 is 4.74 Å². The van der Waals surface area contributed by atoms with Crippen LogP contribution in [0.15, 0.2) is 6.07 Å². The molecule has 0 bridgehead atoms. The molecule has 0 amide bonds. The quantitative estimate of drug-likeness (QED) is 0.867. The maximum atomic E-state index is 5.66. The second-order valence-electron chi connectivity index (χ2n) is 4.91. The van der Waals surface area contributed by atoms with Gasteiger partial charge in [0.1, 0.15) is 0 Å². The van der Waals surface area contributed by atoms with Crippen LogP contribution in [-0.4, -0.2) is 36.8 Å². The highest BCUT2D eigenvalue weighted by Crippen LogP contribution is 2.21. The van der Waals surface area contributed by atoms with Gasteiger partial charge in [-0.3, -0.25) is 0 Å². The Morgan fingerprint density at radius 1 is 1.50 bits per heavy atom. The van der Waals surface area contributed by atoms with Gasteiger partial charge in [0.05, 0.1) is 12.3 Å². The van der Waals surface area contributed by atoms with E-state index in [1.165, 1.54) is 12.8 Å². The molecule has 0 aliphatic carbocycles. The molecule has 100 valence electrons. The Hall–Kier alpha value is -1.20. The molecule has 5 nitrogen and oxygen atoms in total. The third-order valence-electron chi connectivity index (χ3n) is 3.31. The number of hydrogen-bond donors (Lipinski definition) is 1. The number of anilines is 1. The van der Waals surface area contributed by atoms with Gasteiger partial charge in [-0.2, -0.15) is 0 Å². The zero-order chi connectivity index (χ0) is 13.0. The van der Waals surface area contributed by atoms with Crippen molar-refractivity contribution >= 4 is 5.95 Å². The summed E-state index contributed by atoms with van der Waals surface area (Å²) in [5.74, 6) is 1.39. The monoisotopic (exact) mass is 250 g/mol. The van der Waals surface area contributed by atoms with Crippen molar-refractivity contribution in [2.45, 2.75) is 26.3 Å². The van der Waals surface area contributed by atoms with E-state index in [1.54, 1.807) is 7.11 Å². The predicted octanol–water partition coefficient (Wildman–Crippen LogP) is 1.11. The number of ether oxygens (including phenoxy) is 1. The topological polar surface area (TPSA) is 64.3 Å². The van der Waals surface area contributed by atoms with Crippen molar-refractivity contribution in [2.24, 2.45) is 11.7 Å². The van der Waals surface area contributed by atoms with E-state index in [2.05, 4.69) is 14.9 Å². The van der Waals surface area contributed by atoms with Crippen LogP contribution in [0.1, 0.15) is 24.2 Å². The first-order chi connectivity index (χ1) is 8.72. The fourth-order valence-corrected chi connectivity index (χ4v) is 2.48. The van der Waals surface area contributed by atoms with E-state index in [1.807, 2.05) is 13.0 Å². The fraction of sp³-hybridized carbons (Fsp3) is 0.692. The molecule has 18 heavy (non-hydrogen) atoms. The lowest BCUT2D eigenvalue weighted by atomic mass is 9.99. The summed E-state index contributed by atoms with van der Waals surface area (Å²) < 4.78 is 5.25. The normalized spacial score (nSPS) is 20.2. The predicted molar refractivity (Wildman–Crippen MR) is 71.5 cm³/mol. The number of nitrogens with two attached hydrogens (primary N) is 1. The van der Waals surface area contributed by atoms with Gasteiger partial charge >= 0.3 is 0 Å². The van der Waals surface area contributed by atoms with Crippen LogP contribution in [0, 0.1) is 12.8 Å². The summed E-state index contributed by atoms with van der Waals surface area (Å²) in [5, 5.41) is 0. The second-order valence-corrected chi connectivity index (χ2v) is 4.91. The lowest BCUT2D eigenvalue weighted by Crippen LogP contribution is -2.38. The SMILES string of the molecule is COCC1CCCN(c2nc(C)cc(CN)n2)C1. The Morgan fingerprint density at radius 3 is 3.06 bits per heavy atom. The van der Waals surface area contributed by atoms with E-state index < -0.39 is 0 Å². The number of aromatic nitrogens is 2. The van der Waals surface area contributed by atoms with Crippen LogP contribution in [-0.2, 0) is 11.3 Å². The standard InChI is InChI=1S/C13H22N4O/c1-10-6-12(7-14)16-13(15-10)17-5-3-4-11(8-17)9-18-2/h6,11H,3-5,7-9,14H2,1-2H3. The third kappa shape index (κ3) is 3.17. The van der Waals surface area contributed by atoms with Gasteiger partial charge in [0.15, 0.2) is 0 Å². The molecule has 1 unspecified atom stereocenters. The molecule has 1 saturated heterocycles. The fourth-order valence-electron chi connectivity index (χ4n) is 2.48. The summed E-state index contributed by atoms with van der Waals surface area (Å²) in [7, 11) is 1.76. The van der Waals surface area contributed by atoms with Crippen LogP contribution in [0.25, 0.3) is 0 Å². The molecule has 2 rings (SSSR count). The molecular weight excluding hydrogens is 228 g/mol. The molecule has 1 atom stereocenters. The van der Waals surface area contributed by atoms with Crippen molar-refractivity contribution in [1.29, 1.82) is 0 Å². The highest BCUT2D eigenvalue weighted by molar-refractivity contribution is 5.33. The van der Waals surface area contributed by atoms with E-state index in [9.17, 15) is 0 Å². The summed E-state index contributed by atoms with van der Waals surface area (Å²) >= 11 is 0. The molecule has 0 saturated carbocycles. The van der Waals surface area contributed by atoms with E-state index in [0.29, 0.717) is 12.5 Å². The van der Waals surface area contributed by atoms with Crippen molar-refractivity contribution in [1.82, 2.24) is 9.97 Å². The van der Waals surface area contributed by atoms with Gasteiger partial charge in [0, 0.05) is 32.4 Å². The minimum atomic E-state index is 0.464. The average Bonchev–Trinajstić information content (AvgIpc) is 2.39. The summed E-state index contributed by atoms with van der Waals surface area (Å²) in [6.07, 6.45) is 2.39. The lowest BCUT2D eigenvalue weighted by molar-refractivity contribution is 0.143. The maximum absolute atomic E-state index is 5.66. The Kier molecular flexibility index (Phi) is 4.49. The molecule has 1 aliphatic rings. The number of piperidine rings is 1. The van der Waals surface area contributed by atoms with Crippen molar-refractivity contribution in [2.75, 3.05) is 31.7 Å². The summed E-state index contributed by atoms with van der Waals surface area (Å²) in [5.41, 5.74) is 7.55. The molecular formula is C13H22N4O. The minimum Gasteiger partial charge on any atom is -0.384 e. The first-order valence-electron chi connectivity index (χ1n) is 6.51. The van der Waals surface area contributed by atoms with E-state index >= 15 is 0 Å². The van der Waals surface area contributed by atoms with Crippen LogP contribution in [0.2, 0.25) is 0 Å². The van der Waals surface area contributed by atoms with Crippen molar-refractivity contribution in [3.8, 4) is 0 Å². The largest absolute Gasteiger partial charge is 0.384 e. The van der Waals surface area contributed by atoms with Crippen molar-refractivity contribution in [3.63, 3.8) is 0 Å². The first-order valence-corrected chi connectivity index (χ1v) is 6.51. The maximum Gasteiger partial charge on any atom is 0.225 e. The number of hydrogen-bond acceptors (Lipinski definition) is 5. The highest BCUT2D eigenvalue weighted by Gasteiger charge is 2.22. The van der Waals surface area contributed by atoms with Gasteiger partial charge in [-0.15, -0.1) is 0 Å². The smallest absolute Gasteiger partial charge is 0.225 e. The Labute approximate surface area is 108 Å². The van der Waals surface area contributed by atoms with Crippen LogP contribution in [0.4, 0.5) is 5.95 Å². The number of aryl methyl sites for hydroxylation is 1. The molecule has 0 spiro atoms. The number of rotatable bonds is 4. The molecule has 1 aliphatic heterocycles. The summed E-state index contributed by atoms with van der Waals surface area (Å²) in [6.45, 7) is 5.26. The first kappa shape index (κ1) is 13.2. The number of methoxy groups -OCH3 is 1. The van der Waals surface area contributed by atoms with Gasteiger partial charge in [-0.25, -0.2) is 9.97 Å². The van der Waals surface area contributed by atoms with Gasteiger partial charge in [-0.1, -0.05) is 0 Å². The summed E-state index contributed by atoms with van der Waals surface area (Å²) in [4.78, 5) is 11.3. The van der Waals surface area contributed by atoms with Crippen molar-refractivity contribution in [3.05, 3.63) is 17.5 Å². The minimum absolute atomic E-state index is 0.464. The molecule has 1 aromatic rings. The molecule has 0 aromatic carbocycles.